The van der Waals surface area contributed by atoms with Crippen molar-refractivity contribution in [2.24, 2.45) is 11.8 Å². The summed E-state index contributed by atoms with van der Waals surface area (Å²) < 4.78 is 28.7. The molecular weight excluding hydrogens is 264 g/mol. The van der Waals surface area contributed by atoms with Crippen LogP contribution in [0.25, 0.3) is 0 Å². The summed E-state index contributed by atoms with van der Waals surface area (Å²) in [6.45, 7) is 0.694. The van der Waals surface area contributed by atoms with E-state index in [0.717, 1.165) is 25.7 Å². The summed E-state index contributed by atoms with van der Waals surface area (Å²) in [6, 6.07) is 0. The zero-order valence-electron chi connectivity index (χ0n) is 11.3. The second-order valence-corrected chi connectivity index (χ2v) is 8.74. The first-order valence-electron chi connectivity index (χ1n) is 7.35. The number of sulfone groups is 1. The second-order valence-electron chi connectivity index (χ2n) is 6.51. The highest BCUT2D eigenvalue weighted by Crippen LogP contribution is 2.44. The van der Waals surface area contributed by atoms with Crippen LogP contribution in [0.5, 0.6) is 0 Å². The number of rotatable bonds is 3. The predicted molar refractivity (Wildman–Crippen MR) is 71.6 cm³/mol. The van der Waals surface area contributed by atoms with Gasteiger partial charge in [0.25, 0.3) is 0 Å². The maximum Gasteiger partial charge on any atom is 0.150 e. The van der Waals surface area contributed by atoms with Crippen molar-refractivity contribution >= 4 is 15.6 Å². The summed E-state index contributed by atoms with van der Waals surface area (Å²) in [5.74, 6) is 0.933. The molecule has 1 aliphatic carbocycles. The quantitative estimate of drug-likeness (QED) is 0.792. The van der Waals surface area contributed by atoms with E-state index in [2.05, 4.69) is 0 Å². The summed E-state index contributed by atoms with van der Waals surface area (Å²) in [5, 5.41) is 0. The summed E-state index contributed by atoms with van der Waals surface area (Å²) in [7, 11) is -2.87. The van der Waals surface area contributed by atoms with Crippen molar-refractivity contribution in [3.63, 3.8) is 0 Å². The van der Waals surface area contributed by atoms with Gasteiger partial charge in [0.05, 0.1) is 17.1 Å². The van der Waals surface area contributed by atoms with Gasteiger partial charge >= 0.3 is 0 Å². The van der Waals surface area contributed by atoms with E-state index in [1.165, 1.54) is 6.42 Å². The van der Waals surface area contributed by atoms with Gasteiger partial charge in [0, 0.05) is 18.9 Å². The van der Waals surface area contributed by atoms with Gasteiger partial charge in [-0.1, -0.05) is 0 Å². The Bertz CT molecular complexity index is 464. The Morgan fingerprint density at radius 1 is 1.26 bits per heavy atom. The SMILES string of the molecule is O=C(CC1CCS(=O)(=O)C1)C1CCOC2(CCC2)C1. The molecule has 0 aromatic heterocycles. The van der Waals surface area contributed by atoms with Crippen LogP contribution in [0.4, 0.5) is 0 Å². The molecule has 0 radical (unpaired) electrons. The van der Waals surface area contributed by atoms with Crippen molar-refractivity contribution < 1.29 is 17.9 Å². The third-order valence-corrected chi connectivity index (χ3v) is 6.87. The molecule has 5 heteroatoms. The molecule has 2 aliphatic heterocycles. The molecule has 0 bridgehead atoms. The van der Waals surface area contributed by atoms with Gasteiger partial charge in [-0.15, -0.1) is 0 Å². The summed E-state index contributed by atoms with van der Waals surface area (Å²) in [4.78, 5) is 12.3. The average molecular weight is 286 g/mol. The molecule has 4 nitrogen and oxygen atoms in total. The summed E-state index contributed by atoms with van der Waals surface area (Å²) in [6.07, 6.45) is 6.21. The van der Waals surface area contributed by atoms with Gasteiger partial charge in [-0.2, -0.15) is 0 Å². The van der Waals surface area contributed by atoms with Gasteiger partial charge in [0.1, 0.15) is 5.78 Å². The molecule has 3 rings (SSSR count). The van der Waals surface area contributed by atoms with Gasteiger partial charge in [-0.3, -0.25) is 4.79 Å². The van der Waals surface area contributed by atoms with E-state index < -0.39 is 9.84 Å². The standard InChI is InChI=1S/C14H22O4S/c15-13(8-11-3-7-19(16,17)10-11)12-2-6-18-14(9-12)4-1-5-14/h11-12H,1-10H2. The Kier molecular flexibility index (Phi) is 3.46. The molecule has 0 amide bonds. The third kappa shape index (κ3) is 2.87. The number of carbonyl (C=O) groups is 1. The van der Waals surface area contributed by atoms with E-state index >= 15 is 0 Å². The number of carbonyl (C=O) groups excluding carboxylic acids is 1. The highest BCUT2D eigenvalue weighted by atomic mass is 32.2. The Morgan fingerprint density at radius 3 is 2.63 bits per heavy atom. The fourth-order valence-electron chi connectivity index (χ4n) is 3.71. The molecule has 2 heterocycles. The number of hydrogen-bond donors (Lipinski definition) is 0. The van der Waals surface area contributed by atoms with Crippen molar-refractivity contribution in [3.05, 3.63) is 0 Å². The van der Waals surface area contributed by atoms with Crippen molar-refractivity contribution in [1.29, 1.82) is 0 Å². The number of Topliss-reactive ketones (excluding diaryl/α,β-unsaturated/α-hetero) is 1. The fourth-order valence-corrected chi connectivity index (χ4v) is 5.57. The van der Waals surface area contributed by atoms with Gasteiger partial charge in [0.2, 0.25) is 0 Å². The molecule has 0 aromatic rings. The van der Waals surface area contributed by atoms with Crippen LogP contribution in [-0.4, -0.2) is 37.9 Å². The highest BCUT2D eigenvalue weighted by Gasteiger charge is 2.44. The largest absolute Gasteiger partial charge is 0.375 e. The minimum atomic E-state index is -2.87. The van der Waals surface area contributed by atoms with E-state index in [0.29, 0.717) is 19.4 Å². The minimum Gasteiger partial charge on any atom is -0.375 e. The van der Waals surface area contributed by atoms with Crippen LogP contribution in [0, 0.1) is 11.8 Å². The highest BCUT2D eigenvalue weighted by molar-refractivity contribution is 7.91. The number of hydrogen-bond acceptors (Lipinski definition) is 4. The maximum absolute atomic E-state index is 12.3. The first kappa shape index (κ1) is 13.6. The molecular formula is C14H22O4S. The molecule has 2 unspecified atom stereocenters. The molecule has 0 aromatic carbocycles. The minimum absolute atomic E-state index is 0.000326. The second kappa shape index (κ2) is 4.85. The van der Waals surface area contributed by atoms with Gasteiger partial charge < -0.3 is 4.74 Å². The maximum atomic E-state index is 12.3. The molecule has 108 valence electrons. The first-order chi connectivity index (χ1) is 8.98. The molecule has 3 aliphatic rings. The number of ether oxygens (including phenoxy) is 1. The topological polar surface area (TPSA) is 60.4 Å². The normalized spacial score (nSPS) is 36.0. The van der Waals surface area contributed by atoms with E-state index in [1.807, 2.05) is 0 Å². The van der Waals surface area contributed by atoms with E-state index in [-0.39, 0.29) is 34.7 Å². The van der Waals surface area contributed by atoms with Crippen molar-refractivity contribution in [1.82, 2.24) is 0 Å². The zero-order valence-corrected chi connectivity index (χ0v) is 12.1. The summed E-state index contributed by atoms with van der Waals surface area (Å²) in [5.41, 5.74) is 0.000326. The fraction of sp³-hybridized carbons (Fsp3) is 0.929. The Morgan fingerprint density at radius 2 is 2.05 bits per heavy atom. The van der Waals surface area contributed by atoms with E-state index in [1.54, 1.807) is 0 Å². The Balaban J connectivity index is 1.55. The molecule has 1 spiro atoms. The van der Waals surface area contributed by atoms with E-state index in [9.17, 15) is 13.2 Å². The van der Waals surface area contributed by atoms with Crippen molar-refractivity contribution in [2.75, 3.05) is 18.1 Å². The third-order valence-electron chi connectivity index (χ3n) is 5.03. The molecule has 0 N–H and O–H groups in total. The lowest BCUT2D eigenvalue weighted by atomic mass is 9.70. The van der Waals surface area contributed by atoms with Crippen LogP contribution in [0.3, 0.4) is 0 Å². The van der Waals surface area contributed by atoms with Crippen LogP contribution in [0.1, 0.15) is 44.9 Å². The number of ketones is 1. The lowest BCUT2D eigenvalue weighted by Gasteiger charge is -2.47. The lowest BCUT2D eigenvalue weighted by molar-refractivity contribution is -0.156. The molecule has 1 saturated carbocycles. The molecule has 19 heavy (non-hydrogen) atoms. The predicted octanol–water partition coefficient (Wildman–Crippen LogP) is 1.73. The van der Waals surface area contributed by atoms with Crippen LogP contribution in [-0.2, 0) is 19.4 Å². The zero-order chi connectivity index (χ0) is 13.5. The van der Waals surface area contributed by atoms with Crippen LogP contribution in [0.2, 0.25) is 0 Å². The average Bonchev–Trinajstić information content (AvgIpc) is 2.67. The van der Waals surface area contributed by atoms with Crippen molar-refractivity contribution in [3.8, 4) is 0 Å². The van der Waals surface area contributed by atoms with Gasteiger partial charge in [-0.05, 0) is 44.4 Å². The summed E-state index contributed by atoms with van der Waals surface area (Å²) >= 11 is 0. The molecule has 2 saturated heterocycles. The molecule has 3 fully saturated rings. The monoisotopic (exact) mass is 286 g/mol. The smallest absolute Gasteiger partial charge is 0.150 e. The van der Waals surface area contributed by atoms with Crippen LogP contribution < -0.4 is 0 Å². The Hall–Kier alpha value is -0.420. The lowest BCUT2D eigenvalue weighted by Crippen LogP contribution is -2.47. The van der Waals surface area contributed by atoms with Crippen LogP contribution in [0.15, 0.2) is 0 Å². The van der Waals surface area contributed by atoms with Crippen LogP contribution >= 0.6 is 0 Å². The van der Waals surface area contributed by atoms with Gasteiger partial charge in [0.15, 0.2) is 9.84 Å². The first-order valence-corrected chi connectivity index (χ1v) is 9.17. The van der Waals surface area contributed by atoms with Gasteiger partial charge in [-0.25, -0.2) is 8.42 Å². The Labute approximate surface area is 114 Å². The van der Waals surface area contributed by atoms with E-state index in [4.69, 9.17) is 4.74 Å². The molecule has 2 atom stereocenters. The van der Waals surface area contributed by atoms with Crippen molar-refractivity contribution in [2.45, 2.75) is 50.5 Å².